The van der Waals surface area contributed by atoms with E-state index in [1.807, 2.05) is 23.5 Å². The van der Waals surface area contributed by atoms with Crippen molar-refractivity contribution in [3.8, 4) is 0 Å². The van der Waals surface area contributed by atoms with Crippen molar-refractivity contribution in [2.24, 2.45) is 0 Å². The molecule has 1 aliphatic heterocycles. The number of hydrogen-bond acceptors (Lipinski definition) is 4. The third-order valence-corrected chi connectivity index (χ3v) is 4.57. The van der Waals surface area contributed by atoms with Crippen LogP contribution >= 0.6 is 23.1 Å². The van der Waals surface area contributed by atoms with Gasteiger partial charge in [-0.05, 0) is 19.4 Å². The summed E-state index contributed by atoms with van der Waals surface area (Å²) in [6, 6.07) is 0.752. The SMILES string of the molecule is c1ncc(CSCC2CCCCN2)s1. The molecule has 1 fully saturated rings. The molecule has 0 aromatic carbocycles. The number of thiazole rings is 1. The van der Waals surface area contributed by atoms with Gasteiger partial charge in [-0.3, -0.25) is 4.98 Å². The molecule has 1 aliphatic rings. The number of nitrogens with zero attached hydrogens (tertiary/aromatic N) is 1. The summed E-state index contributed by atoms with van der Waals surface area (Å²) in [7, 11) is 0. The van der Waals surface area contributed by atoms with Crippen LogP contribution in [0.5, 0.6) is 0 Å². The molecule has 2 rings (SSSR count). The molecule has 1 atom stereocenters. The predicted molar refractivity (Wildman–Crippen MR) is 63.9 cm³/mol. The number of rotatable bonds is 4. The standard InChI is InChI=1S/C10H16N2S2/c1-2-4-12-9(3-1)6-13-7-10-5-11-8-14-10/h5,8-9,12H,1-4,6-7H2. The second kappa shape index (κ2) is 5.73. The van der Waals surface area contributed by atoms with Crippen LogP contribution < -0.4 is 5.32 Å². The van der Waals surface area contributed by atoms with Gasteiger partial charge in [0, 0.05) is 28.6 Å². The van der Waals surface area contributed by atoms with Gasteiger partial charge >= 0.3 is 0 Å². The molecule has 0 aliphatic carbocycles. The van der Waals surface area contributed by atoms with Crippen LogP contribution in [0.15, 0.2) is 11.7 Å². The quantitative estimate of drug-likeness (QED) is 0.857. The van der Waals surface area contributed by atoms with Crippen LogP contribution in [0, 0.1) is 0 Å². The summed E-state index contributed by atoms with van der Waals surface area (Å²) in [5.74, 6) is 2.38. The van der Waals surface area contributed by atoms with Crippen LogP contribution in [-0.2, 0) is 5.75 Å². The van der Waals surface area contributed by atoms with E-state index in [4.69, 9.17) is 0 Å². The summed E-state index contributed by atoms with van der Waals surface area (Å²) in [5.41, 5.74) is 1.91. The maximum absolute atomic E-state index is 4.08. The van der Waals surface area contributed by atoms with E-state index in [2.05, 4.69) is 10.3 Å². The summed E-state index contributed by atoms with van der Waals surface area (Å²) in [6.45, 7) is 1.21. The molecule has 1 saturated heterocycles. The van der Waals surface area contributed by atoms with E-state index in [9.17, 15) is 0 Å². The predicted octanol–water partition coefficient (Wildman–Crippen LogP) is 2.52. The van der Waals surface area contributed by atoms with Gasteiger partial charge in [0.15, 0.2) is 0 Å². The van der Waals surface area contributed by atoms with Gasteiger partial charge in [-0.1, -0.05) is 6.42 Å². The molecule has 1 aromatic heterocycles. The second-order valence-electron chi connectivity index (χ2n) is 3.63. The Bertz CT molecular complexity index is 243. The Labute approximate surface area is 93.5 Å². The number of piperidine rings is 1. The van der Waals surface area contributed by atoms with Crippen LogP contribution in [0.2, 0.25) is 0 Å². The van der Waals surface area contributed by atoms with Crippen molar-refractivity contribution in [1.82, 2.24) is 10.3 Å². The molecule has 1 unspecified atom stereocenters. The summed E-state index contributed by atoms with van der Waals surface area (Å²) in [4.78, 5) is 5.47. The number of thioether (sulfide) groups is 1. The van der Waals surface area contributed by atoms with Crippen LogP contribution in [-0.4, -0.2) is 23.3 Å². The number of nitrogens with one attached hydrogen (secondary N) is 1. The topological polar surface area (TPSA) is 24.9 Å². The molecule has 14 heavy (non-hydrogen) atoms. The van der Waals surface area contributed by atoms with Gasteiger partial charge in [-0.25, -0.2) is 0 Å². The summed E-state index contributed by atoms with van der Waals surface area (Å²) < 4.78 is 0. The van der Waals surface area contributed by atoms with E-state index in [1.54, 1.807) is 11.3 Å². The molecular formula is C10H16N2S2. The molecule has 78 valence electrons. The Morgan fingerprint density at radius 2 is 2.57 bits per heavy atom. The first-order valence-electron chi connectivity index (χ1n) is 5.13. The van der Waals surface area contributed by atoms with E-state index in [0.29, 0.717) is 0 Å². The fourth-order valence-electron chi connectivity index (χ4n) is 1.68. The Balaban J connectivity index is 1.62. The van der Waals surface area contributed by atoms with Crippen molar-refractivity contribution in [2.45, 2.75) is 31.1 Å². The van der Waals surface area contributed by atoms with Crippen LogP contribution in [0.3, 0.4) is 0 Å². The highest BCUT2D eigenvalue weighted by Gasteiger charge is 2.11. The zero-order valence-electron chi connectivity index (χ0n) is 8.24. The Morgan fingerprint density at radius 1 is 1.57 bits per heavy atom. The smallest absolute Gasteiger partial charge is 0.0794 e. The van der Waals surface area contributed by atoms with Gasteiger partial charge in [0.05, 0.1) is 5.51 Å². The molecule has 0 amide bonds. The van der Waals surface area contributed by atoms with Gasteiger partial charge < -0.3 is 5.32 Å². The van der Waals surface area contributed by atoms with Crippen molar-refractivity contribution in [3.63, 3.8) is 0 Å². The summed E-state index contributed by atoms with van der Waals surface area (Å²) in [5, 5.41) is 3.57. The maximum atomic E-state index is 4.08. The van der Waals surface area contributed by atoms with Crippen LogP contribution in [0.1, 0.15) is 24.1 Å². The Morgan fingerprint density at radius 3 is 3.29 bits per heavy atom. The lowest BCUT2D eigenvalue weighted by atomic mass is 10.1. The summed E-state index contributed by atoms with van der Waals surface area (Å²) in [6.07, 6.45) is 6.09. The zero-order valence-corrected chi connectivity index (χ0v) is 9.87. The van der Waals surface area contributed by atoms with Crippen LogP contribution in [0.25, 0.3) is 0 Å². The average Bonchev–Trinajstić information content (AvgIpc) is 2.72. The third-order valence-electron chi connectivity index (χ3n) is 2.46. The maximum Gasteiger partial charge on any atom is 0.0794 e. The Hall–Kier alpha value is -0.0600. The molecular weight excluding hydrogens is 212 g/mol. The molecule has 0 radical (unpaired) electrons. The highest BCUT2D eigenvalue weighted by Crippen LogP contribution is 2.18. The molecule has 4 heteroatoms. The second-order valence-corrected chi connectivity index (χ2v) is 5.63. The first kappa shape index (κ1) is 10.5. The monoisotopic (exact) mass is 228 g/mol. The van der Waals surface area contributed by atoms with Gasteiger partial charge in [0.2, 0.25) is 0 Å². The van der Waals surface area contributed by atoms with Crippen molar-refractivity contribution >= 4 is 23.1 Å². The average molecular weight is 228 g/mol. The summed E-state index contributed by atoms with van der Waals surface area (Å²) >= 11 is 3.78. The lowest BCUT2D eigenvalue weighted by Crippen LogP contribution is -2.35. The van der Waals surface area contributed by atoms with E-state index in [0.717, 1.165) is 11.8 Å². The molecule has 2 heterocycles. The van der Waals surface area contributed by atoms with Gasteiger partial charge in [0.25, 0.3) is 0 Å². The normalized spacial score (nSPS) is 22.4. The fourth-order valence-corrected chi connectivity index (χ4v) is 3.55. The number of hydrogen-bond donors (Lipinski definition) is 1. The first-order valence-corrected chi connectivity index (χ1v) is 7.17. The third kappa shape index (κ3) is 3.26. The minimum atomic E-state index is 0.752. The van der Waals surface area contributed by atoms with Crippen molar-refractivity contribution in [2.75, 3.05) is 12.3 Å². The van der Waals surface area contributed by atoms with Crippen molar-refractivity contribution in [3.05, 3.63) is 16.6 Å². The first-order chi connectivity index (χ1) is 6.95. The van der Waals surface area contributed by atoms with Crippen molar-refractivity contribution < 1.29 is 0 Å². The Kier molecular flexibility index (Phi) is 4.28. The minimum Gasteiger partial charge on any atom is -0.313 e. The van der Waals surface area contributed by atoms with Crippen molar-refractivity contribution in [1.29, 1.82) is 0 Å². The lowest BCUT2D eigenvalue weighted by molar-refractivity contribution is 0.430. The molecule has 2 nitrogen and oxygen atoms in total. The van der Waals surface area contributed by atoms with Gasteiger partial charge in [-0.2, -0.15) is 11.8 Å². The molecule has 0 bridgehead atoms. The van der Waals surface area contributed by atoms with E-state index < -0.39 is 0 Å². The highest BCUT2D eigenvalue weighted by atomic mass is 32.2. The highest BCUT2D eigenvalue weighted by molar-refractivity contribution is 7.98. The van der Waals surface area contributed by atoms with E-state index >= 15 is 0 Å². The van der Waals surface area contributed by atoms with Crippen LogP contribution in [0.4, 0.5) is 0 Å². The molecule has 1 N–H and O–H groups in total. The van der Waals surface area contributed by atoms with Gasteiger partial charge in [0.1, 0.15) is 0 Å². The van der Waals surface area contributed by atoms with E-state index in [-0.39, 0.29) is 0 Å². The molecule has 0 saturated carbocycles. The molecule has 0 spiro atoms. The lowest BCUT2D eigenvalue weighted by Gasteiger charge is -2.22. The largest absolute Gasteiger partial charge is 0.313 e. The van der Waals surface area contributed by atoms with E-state index in [1.165, 1.54) is 36.4 Å². The minimum absolute atomic E-state index is 0.752. The van der Waals surface area contributed by atoms with Gasteiger partial charge in [-0.15, -0.1) is 11.3 Å². The zero-order chi connectivity index (χ0) is 9.64. The fraction of sp³-hybridized carbons (Fsp3) is 0.700. The molecule has 1 aromatic rings. The number of aromatic nitrogens is 1.